The highest BCUT2D eigenvalue weighted by Crippen LogP contribution is 2.33. The van der Waals surface area contributed by atoms with Crippen molar-refractivity contribution in [1.29, 1.82) is 0 Å². The fourth-order valence-corrected chi connectivity index (χ4v) is 3.79. The van der Waals surface area contributed by atoms with Gasteiger partial charge in [-0.15, -0.1) is 0 Å². The van der Waals surface area contributed by atoms with E-state index in [9.17, 15) is 14.0 Å². The predicted octanol–water partition coefficient (Wildman–Crippen LogP) is 4.99. The average molecular weight is 432 g/mol. The van der Waals surface area contributed by atoms with Gasteiger partial charge >= 0.3 is 0 Å². The van der Waals surface area contributed by atoms with Crippen LogP contribution in [0.2, 0.25) is 0 Å². The van der Waals surface area contributed by atoms with Crippen molar-refractivity contribution in [2.45, 2.75) is 26.4 Å². The van der Waals surface area contributed by atoms with Crippen LogP contribution in [0, 0.1) is 5.82 Å². The number of ether oxygens (including phenoxy) is 1. The Kier molecular flexibility index (Phi) is 6.32. The fourth-order valence-electron chi connectivity index (χ4n) is 3.79. The van der Waals surface area contributed by atoms with Gasteiger partial charge in [-0.05, 0) is 49.4 Å². The number of amides is 2. The van der Waals surface area contributed by atoms with Gasteiger partial charge in [-0.25, -0.2) is 4.39 Å². The van der Waals surface area contributed by atoms with E-state index in [2.05, 4.69) is 5.32 Å². The number of rotatable bonds is 8. The van der Waals surface area contributed by atoms with Crippen molar-refractivity contribution in [2.75, 3.05) is 18.5 Å². The van der Waals surface area contributed by atoms with E-state index in [1.54, 1.807) is 0 Å². The first-order chi connectivity index (χ1) is 15.5. The van der Waals surface area contributed by atoms with E-state index >= 15 is 0 Å². The highest BCUT2D eigenvalue weighted by Gasteiger charge is 2.39. The first-order valence-electron chi connectivity index (χ1n) is 10.7. The maximum Gasteiger partial charge on any atom is 0.278 e. The second-order valence-electron chi connectivity index (χ2n) is 7.94. The van der Waals surface area contributed by atoms with Crippen molar-refractivity contribution < 1.29 is 18.7 Å². The molecule has 6 heteroatoms. The quantitative estimate of drug-likeness (QED) is 0.403. The molecule has 164 valence electrons. The van der Waals surface area contributed by atoms with Gasteiger partial charge in [0.1, 0.15) is 11.5 Å². The van der Waals surface area contributed by atoms with Crippen molar-refractivity contribution in [1.82, 2.24) is 4.90 Å². The van der Waals surface area contributed by atoms with Gasteiger partial charge in [0.2, 0.25) is 0 Å². The summed E-state index contributed by atoms with van der Waals surface area (Å²) >= 11 is 0. The molecule has 0 aromatic heterocycles. The zero-order valence-corrected chi connectivity index (χ0v) is 18.1. The molecule has 0 fully saturated rings. The third-order valence-corrected chi connectivity index (χ3v) is 5.33. The molecule has 3 aromatic carbocycles. The van der Waals surface area contributed by atoms with Gasteiger partial charge in [-0.2, -0.15) is 0 Å². The number of hydrogen-bond acceptors (Lipinski definition) is 4. The third-order valence-electron chi connectivity index (χ3n) is 5.33. The van der Waals surface area contributed by atoms with Crippen LogP contribution in [0.1, 0.15) is 25.8 Å². The van der Waals surface area contributed by atoms with E-state index in [1.165, 1.54) is 29.2 Å². The summed E-state index contributed by atoms with van der Waals surface area (Å²) in [6.07, 6.45) is 0.616. The molecule has 32 heavy (non-hydrogen) atoms. The molecule has 0 radical (unpaired) electrons. The standard InChI is InChI=1S/C26H25FN2O3/c1-17(2)32-16-6-15-29-25(30)23(19-11-13-20(27)14-12-19)24(26(29)31)28-22-10-5-8-18-7-3-4-9-21(18)22/h3-5,7-14,17,28H,6,15-16H2,1-2H3. The molecule has 3 aromatic rings. The van der Waals surface area contributed by atoms with Gasteiger partial charge in [0.25, 0.3) is 11.8 Å². The molecule has 2 amide bonds. The lowest BCUT2D eigenvalue weighted by atomic mass is 10.0. The molecule has 0 saturated carbocycles. The number of carbonyl (C=O) groups excluding carboxylic acids is 2. The SMILES string of the molecule is CC(C)OCCCN1C(=O)C(Nc2cccc3ccccc23)=C(c2ccc(F)cc2)C1=O. The normalized spacial score (nSPS) is 14.2. The van der Waals surface area contributed by atoms with Crippen LogP contribution in [0.25, 0.3) is 16.3 Å². The lowest BCUT2D eigenvalue weighted by Crippen LogP contribution is -2.34. The van der Waals surface area contributed by atoms with Crippen molar-refractivity contribution in [3.63, 3.8) is 0 Å². The first-order valence-corrected chi connectivity index (χ1v) is 10.7. The molecule has 0 aliphatic carbocycles. The van der Waals surface area contributed by atoms with Crippen LogP contribution in [0.3, 0.4) is 0 Å². The summed E-state index contributed by atoms with van der Waals surface area (Å²) < 4.78 is 19.1. The Hall–Kier alpha value is -3.51. The van der Waals surface area contributed by atoms with Crippen LogP contribution in [0.5, 0.6) is 0 Å². The summed E-state index contributed by atoms with van der Waals surface area (Å²) in [5.74, 6) is -1.20. The summed E-state index contributed by atoms with van der Waals surface area (Å²) in [5, 5.41) is 5.16. The molecular weight excluding hydrogens is 407 g/mol. The van der Waals surface area contributed by atoms with Gasteiger partial charge in [0.15, 0.2) is 0 Å². The van der Waals surface area contributed by atoms with E-state index in [-0.39, 0.29) is 23.9 Å². The summed E-state index contributed by atoms with van der Waals surface area (Å²) in [7, 11) is 0. The predicted molar refractivity (Wildman–Crippen MR) is 123 cm³/mol. The smallest absolute Gasteiger partial charge is 0.278 e. The van der Waals surface area contributed by atoms with Crippen molar-refractivity contribution in [3.8, 4) is 0 Å². The monoisotopic (exact) mass is 432 g/mol. The van der Waals surface area contributed by atoms with Gasteiger partial charge in [-0.1, -0.05) is 48.5 Å². The molecule has 4 rings (SSSR count). The van der Waals surface area contributed by atoms with Crippen LogP contribution in [-0.2, 0) is 14.3 Å². The minimum Gasteiger partial charge on any atom is -0.379 e. The number of imide groups is 1. The van der Waals surface area contributed by atoms with Gasteiger partial charge in [-0.3, -0.25) is 14.5 Å². The van der Waals surface area contributed by atoms with Crippen LogP contribution < -0.4 is 5.32 Å². The summed E-state index contributed by atoms with van der Waals surface area (Å²) in [5.41, 5.74) is 1.66. The highest BCUT2D eigenvalue weighted by atomic mass is 19.1. The van der Waals surface area contributed by atoms with E-state index in [4.69, 9.17) is 4.74 Å². The molecule has 1 N–H and O–H groups in total. The maximum atomic E-state index is 13.5. The van der Waals surface area contributed by atoms with Crippen LogP contribution >= 0.6 is 0 Å². The Bertz CT molecular complexity index is 1180. The van der Waals surface area contributed by atoms with E-state index in [1.807, 2.05) is 56.3 Å². The van der Waals surface area contributed by atoms with Crippen molar-refractivity contribution >= 4 is 33.8 Å². The Morgan fingerprint density at radius 3 is 2.41 bits per heavy atom. The second kappa shape index (κ2) is 9.32. The topological polar surface area (TPSA) is 58.6 Å². The lowest BCUT2D eigenvalue weighted by Gasteiger charge is -2.16. The Labute approximate surface area is 186 Å². The van der Waals surface area contributed by atoms with Crippen molar-refractivity contribution in [3.05, 3.63) is 83.8 Å². The molecular formula is C26H25FN2O3. The van der Waals surface area contributed by atoms with Gasteiger partial charge < -0.3 is 10.1 Å². The zero-order chi connectivity index (χ0) is 22.7. The minimum atomic E-state index is -0.405. The van der Waals surface area contributed by atoms with E-state index in [0.717, 1.165) is 16.5 Å². The summed E-state index contributed by atoms with van der Waals surface area (Å²) in [6.45, 7) is 4.57. The average Bonchev–Trinajstić information content (AvgIpc) is 3.01. The van der Waals surface area contributed by atoms with Crippen molar-refractivity contribution in [2.24, 2.45) is 0 Å². The third kappa shape index (κ3) is 4.41. The fraction of sp³-hybridized carbons (Fsp3) is 0.231. The van der Waals surface area contributed by atoms with Crippen LogP contribution in [-0.4, -0.2) is 36.0 Å². The van der Waals surface area contributed by atoms with Gasteiger partial charge in [0.05, 0.1) is 11.7 Å². The van der Waals surface area contributed by atoms with Crippen LogP contribution in [0.15, 0.2) is 72.4 Å². The number of nitrogens with zero attached hydrogens (tertiary/aromatic N) is 1. The lowest BCUT2D eigenvalue weighted by molar-refractivity contribution is -0.137. The van der Waals surface area contributed by atoms with Gasteiger partial charge in [0, 0.05) is 24.2 Å². The Morgan fingerprint density at radius 1 is 0.938 bits per heavy atom. The molecule has 0 unspecified atom stereocenters. The summed E-state index contributed by atoms with van der Waals surface area (Å²) in [6, 6.07) is 19.2. The molecule has 0 spiro atoms. The van der Waals surface area contributed by atoms with E-state index < -0.39 is 17.6 Å². The number of nitrogens with one attached hydrogen (secondary N) is 1. The molecule has 1 aliphatic rings. The second-order valence-corrected chi connectivity index (χ2v) is 7.94. The summed E-state index contributed by atoms with van der Waals surface area (Å²) in [4.78, 5) is 27.8. The largest absolute Gasteiger partial charge is 0.379 e. The Balaban J connectivity index is 1.70. The first kappa shape index (κ1) is 21.7. The molecule has 1 aliphatic heterocycles. The number of anilines is 1. The minimum absolute atomic E-state index is 0.0801. The number of carbonyl (C=O) groups is 2. The zero-order valence-electron chi connectivity index (χ0n) is 18.1. The molecule has 1 heterocycles. The molecule has 0 bridgehead atoms. The maximum absolute atomic E-state index is 13.5. The number of halogens is 1. The highest BCUT2D eigenvalue weighted by molar-refractivity contribution is 6.36. The number of benzene rings is 3. The number of hydrogen-bond donors (Lipinski definition) is 1. The Morgan fingerprint density at radius 2 is 1.66 bits per heavy atom. The van der Waals surface area contributed by atoms with E-state index in [0.29, 0.717) is 18.6 Å². The number of fused-ring (bicyclic) bond motifs is 1. The molecule has 0 atom stereocenters. The molecule has 0 saturated heterocycles. The molecule has 5 nitrogen and oxygen atoms in total. The van der Waals surface area contributed by atoms with Crippen LogP contribution in [0.4, 0.5) is 10.1 Å².